The van der Waals surface area contributed by atoms with Gasteiger partial charge in [-0.1, -0.05) is 36.8 Å². The summed E-state index contributed by atoms with van der Waals surface area (Å²) in [7, 11) is 0. The first kappa shape index (κ1) is 17.1. The molecule has 0 spiro atoms. The summed E-state index contributed by atoms with van der Waals surface area (Å²) >= 11 is 0. The molecule has 0 radical (unpaired) electrons. The largest absolute Gasteiger partial charge is 0.339 e. The second kappa shape index (κ2) is 7.49. The number of likely N-dealkylation sites (tertiary alicyclic amines) is 1. The monoisotopic (exact) mass is 340 g/mol. The maximum Gasteiger partial charge on any atom is 0.225 e. The highest BCUT2D eigenvalue weighted by Crippen LogP contribution is 2.43. The van der Waals surface area contributed by atoms with E-state index >= 15 is 0 Å². The standard InChI is InChI=1S/C22H32N2O/c23-21-17-9-6-10-18(21)15-19(14-17)22(25)24-12-5-4-11-20(24)13-16-7-2-1-3-8-16/h1-3,7-8,17-21H,4-6,9-15,23H2. The molecule has 2 bridgehead atoms. The van der Waals surface area contributed by atoms with Crippen LogP contribution < -0.4 is 5.73 Å². The zero-order valence-electron chi connectivity index (χ0n) is 15.3. The van der Waals surface area contributed by atoms with Crippen molar-refractivity contribution < 1.29 is 4.79 Å². The van der Waals surface area contributed by atoms with Crippen LogP contribution in [0.15, 0.2) is 30.3 Å². The fourth-order valence-electron chi connectivity index (χ4n) is 5.61. The quantitative estimate of drug-likeness (QED) is 0.910. The van der Waals surface area contributed by atoms with E-state index in [4.69, 9.17) is 5.73 Å². The van der Waals surface area contributed by atoms with E-state index in [1.807, 2.05) is 0 Å². The Bertz CT molecular complexity index is 573. The van der Waals surface area contributed by atoms with Gasteiger partial charge in [0.05, 0.1) is 0 Å². The summed E-state index contributed by atoms with van der Waals surface area (Å²) in [6, 6.07) is 11.4. The Morgan fingerprint density at radius 2 is 1.72 bits per heavy atom. The minimum atomic E-state index is 0.228. The predicted octanol–water partition coefficient (Wildman–Crippen LogP) is 3.76. The molecule has 1 heterocycles. The SMILES string of the molecule is NC1C2CCCC1CC(C(=O)N1CCCCC1Cc1ccccc1)C2. The number of amides is 1. The molecule has 2 N–H and O–H groups in total. The molecule has 3 nitrogen and oxygen atoms in total. The van der Waals surface area contributed by atoms with Crippen LogP contribution in [0, 0.1) is 17.8 Å². The van der Waals surface area contributed by atoms with Gasteiger partial charge >= 0.3 is 0 Å². The van der Waals surface area contributed by atoms with Crippen molar-refractivity contribution in [3.05, 3.63) is 35.9 Å². The first-order valence-electron chi connectivity index (χ1n) is 10.3. The zero-order chi connectivity index (χ0) is 17.2. The van der Waals surface area contributed by atoms with Crippen LogP contribution in [0.4, 0.5) is 0 Å². The van der Waals surface area contributed by atoms with Gasteiger partial charge in [0.1, 0.15) is 0 Å². The number of hydrogen-bond donors (Lipinski definition) is 1. The van der Waals surface area contributed by atoms with Crippen molar-refractivity contribution >= 4 is 5.91 Å². The number of piperidine rings is 1. The molecule has 4 rings (SSSR count). The Kier molecular flexibility index (Phi) is 5.12. The highest BCUT2D eigenvalue weighted by atomic mass is 16.2. The highest BCUT2D eigenvalue weighted by Gasteiger charge is 2.42. The average molecular weight is 341 g/mol. The summed E-state index contributed by atoms with van der Waals surface area (Å²) in [5.74, 6) is 1.83. The molecule has 3 fully saturated rings. The van der Waals surface area contributed by atoms with E-state index in [9.17, 15) is 4.79 Å². The lowest BCUT2D eigenvalue weighted by molar-refractivity contribution is -0.142. The minimum Gasteiger partial charge on any atom is -0.339 e. The Morgan fingerprint density at radius 3 is 2.44 bits per heavy atom. The summed E-state index contributed by atoms with van der Waals surface area (Å²) in [6.07, 6.45) is 10.4. The normalized spacial score (nSPS) is 35.4. The van der Waals surface area contributed by atoms with Crippen LogP contribution in [0.25, 0.3) is 0 Å². The van der Waals surface area contributed by atoms with E-state index in [2.05, 4.69) is 35.2 Å². The highest BCUT2D eigenvalue weighted by molar-refractivity contribution is 5.79. The van der Waals surface area contributed by atoms with Crippen molar-refractivity contribution in [3.63, 3.8) is 0 Å². The molecule has 3 heteroatoms. The number of hydrogen-bond acceptors (Lipinski definition) is 2. The van der Waals surface area contributed by atoms with Crippen LogP contribution in [-0.2, 0) is 11.2 Å². The van der Waals surface area contributed by atoms with E-state index in [0.717, 1.165) is 38.6 Å². The smallest absolute Gasteiger partial charge is 0.225 e. The lowest BCUT2D eigenvalue weighted by atomic mass is 9.64. The Balaban J connectivity index is 1.45. The predicted molar refractivity (Wildman–Crippen MR) is 101 cm³/mol. The van der Waals surface area contributed by atoms with Crippen LogP contribution in [-0.4, -0.2) is 29.4 Å². The number of benzene rings is 1. The van der Waals surface area contributed by atoms with Crippen molar-refractivity contribution in [1.29, 1.82) is 0 Å². The van der Waals surface area contributed by atoms with Crippen LogP contribution in [0.1, 0.15) is 56.9 Å². The lowest BCUT2D eigenvalue weighted by Gasteiger charge is -2.46. The second-order valence-corrected chi connectivity index (χ2v) is 8.57. The summed E-state index contributed by atoms with van der Waals surface area (Å²) in [5.41, 5.74) is 7.79. The van der Waals surface area contributed by atoms with Crippen LogP contribution in [0.2, 0.25) is 0 Å². The molecule has 1 saturated heterocycles. The maximum absolute atomic E-state index is 13.4. The molecule has 3 atom stereocenters. The molecule has 3 unspecified atom stereocenters. The van der Waals surface area contributed by atoms with Crippen LogP contribution >= 0.6 is 0 Å². The molecule has 136 valence electrons. The fourth-order valence-corrected chi connectivity index (χ4v) is 5.61. The lowest BCUT2D eigenvalue weighted by Crippen LogP contribution is -2.52. The molecule has 1 aromatic carbocycles. The van der Waals surface area contributed by atoms with Crippen LogP contribution in [0.3, 0.4) is 0 Å². The molecule has 3 aliphatic rings. The van der Waals surface area contributed by atoms with Gasteiger partial charge in [0.15, 0.2) is 0 Å². The van der Waals surface area contributed by atoms with Gasteiger partial charge in [-0.25, -0.2) is 0 Å². The molecule has 0 aromatic heterocycles. The third kappa shape index (κ3) is 3.62. The van der Waals surface area contributed by atoms with E-state index < -0.39 is 0 Å². The topological polar surface area (TPSA) is 46.3 Å². The Labute approximate surface area is 152 Å². The van der Waals surface area contributed by atoms with Crippen LogP contribution in [0.5, 0.6) is 0 Å². The molecule has 1 aromatic rings. The average Bonchev–Trinajstić information content (AvgIpc) is 2.62. The first-order valence-corrected chi connectivity index (χ1v) is 10.3. The second-order valence-electron chi connectivity index (χ2n) is 8.57. The van der Waals surface area contributed by atoms with Crippen molar-refractivity contribution in [2.75, 3.05) is 6.54 Å². The van der Waals surface area contributed by atoms with E-state index in [-0.39, 0.29) is 5.92 Å². The maximum atomic E-state index is 13.4. The van der Waals surface area contributed by atoms with Crippen molar-refractivity contribution in [2.45, 2.75) is 69.9 Å². The third-order valence-electron chi connectivity index (χ3n) is 6.99. The van der Waals surface area contributed by atoms with E-state index in [0.29, 0.717) is 29.8 Å². The summed E-state index contributed by atoms with van der Waals surface area (Å²) in [6.45, 7) is 0.953. The molecule has 1 aliphatic heterocycles. The summed E-state index contributed by atoms with van der Waals surface area (Å²) in [5, 5.41) is 0. The molecular formula is C22H32N2O. The number of carbonyl (C=O) groups excluding carboxylic acids is 1. The zero-order valence-corrected chi connectivity index (χ0v) is 15.3. The number of fused-ring (bicyclic) bond motifs is 2. The third-order valence-corrected chi connectivity index (χ3v) is 6.99. The van der Waals surface area contributed by atoms with Gasteiger partial charge in [-0.2, -0.15) is 0 Å². The van der Waals surface area contributed by atoms with Crippen molar-refractivity contribution in [2.24, 2.45) is 23.5 Å². The van der Waals surface area contributed by atoms with Gasteiger partial charge in [-0.3, -0.25) is 4.79 Å². The van der Waals surface area contributed by atoms with Crippen molar-refractivity contribution in [3.8, 4) is 0 Å². The number of rotatable bonds is 3. The molecule has 25 heavy (non-hydrogen) atoms. The summed E-state index contributed by atoms with van der Waals surface area (Å²) in [4.78, 5) is 15.6. The van der Waals surface area contributed by atoms with E-state index in [1.54, 1.807) is 0 Å². The van der Waals surface area contributed by atoms with E-state index in [1.165, 1.54) is 31.2 Å². The number of carbonyl (C=O) groups is 1. The van der Waals surface area contributed by atoms with Gasteiger partial charge in [0, 0.05) is 24.5 Å². The first-order chi connectivity index (χ1) is 12.2. The number of nitrogens with two attached hydrogens (primary N) is 1. The van der Waals surface area contributed by atoms with Crippen molar-refractivity contribution in [1.82, 2.24) is 4.90 Å². The number of nitrogens with zero attached hydrogens (tertiary/aromatic N) is 1. The van der Waals surface area contributed by atoms with Gasteiger partial charge < -0.3 is 10.6 Å². The van der Waals surface area contributed by atoms with Gasteiger partial charge in [0.2, 0.25) is 5.91 Å². The van der Waals surface area contributed by atoms with Gasteiger partial charge in [-0.05, 0) is 68.8 Å². The fraction of sp³-hybridized carbons (Fsp3) is 0.682. The molecule has 1 amide bonds. The summed E-state index contributed by atoms with van der Waals surface area (Å²) < 4.78 is 0. The molecule has 2 saturated carbocycles. The van der Waals surface area contributed by atoms with Gasteiger partial charge in [0.25, 0.3) is 0 Å². The Morgan fingerprint density at radius 1 is 1.00 bits per heavy atom. The minimum absolute atomic E-state index is 0.228. The Hall–Kier alpha value is -1.35. The molecule has 2 aliphatic carbocycles. The molecular weight excluding hydrogens is 308 g/mol. The van der Waals surface area contributed by atoms with Gasteiger partial charge in [-0.15, -0.1) is 0 Å².